The SMILES string of the molecule is CCCCOc1ccc(CNC(=O)C(C)(C)C#N)cc1OC. The van der Waals surface area contributed by atoms with Crippen LogP contribution in [0.5, 0.6) is 11.5 Å². The molecule has 0 saturated carbocycles. The zero-order chi connectivity index (χ0) is 16.6. The fourth-order valence-electron chi connectivity index (χ4n) is 1.72. The molecular weight excluding hydrogens is 280 g/mol. The zero-order valence-corrected chi connectivity index (χ0v) is 13.7. The fraction of sp³-hybridized carbons (Fsp3) is 0.529. The minimum atomic E-state index is -1.03. The maximum atomic E-state index is 11.9. The van der Waals surface area contributed by atoms with E-state index in [1.165, 1.54) is 0 Å². The van der Waals surface area contributed by atoms with Crippen LogP contribution in [0.3, 0.4) is 0 Å². The largest absolute Gasteiger partial charge is 0.493 e. The Morgan fingerprint density at radius 1 is 1.36 bits per heavy atom. The van der Waals surface area contributed by atoms with Crippen molar-refractivity contribution in [3.8, 4) is 17.6 Å². The van der Waals surface area contributed by atoms with Crippen LogP contribution >= 0.6 is 0 Å². The van der Waals surface area contributed by atoms with Crippen LogP contribution in [-0.4, -0.2) is 19.6 Å². The Labute approximate surface area is 132 Å². The van der Waals surface area contributed by atoms with Crippen molar-refractivity contribution in [1.29, 1.82) is 5.26 Å². The molecule has 0 aromatic heterocycles. The molecule has 120 valence electrons. The minimum Gasteiger partial charge on any atom is -0.493 e. The third kappa shape index (κ3) is 4.96. The van der Waals surface area contributed by atoms with Crippen molar-refractivity contribution in [1.82, 2.24) is 5.32 Å². The number of carbonyl (C=O) groups excluding carboxylic acids is 1. The average Bonchev–Trinajstić information content (AvgIpc) is 2.53. The van der Waals surface area contributed by atoms with E-state index in [4.69, 9.17) is 14.7 Å². The summed E-state index contributed by atoms with van der Waals surface area (Å²) in [6, 6.07) is 7.53. The Hall–Kier alpha value is -2.22. The van der Waals surface area contributed by atoms with Gasteiger partial charge < -0.3 is 14.8 Å². The summed E-state index contributed by atoms with van der Waals surface area (Å²) in [5.41, 5.74) is -0.144. The molecule has 1 N–H and O–H groups in total. The molecule has 0 fully saturated rings. The Morgan fingerprint density at radius 2 is 2.09 bits per heavy atom. The maximum absolute atomic E-state index is 11.9. The first-order valence-electron chi connectivity index (χ1n) is 7.44. The van der Waals surface area contributed by atoms with Gasteiger partial charge in [-0.15, -0.1) is 0 Å². The van der Waals surface area contributed by atoms with E-state index in [2.05, 4.69) is 12.2 Å². The molecule has 5 nitrogen and oxygen atoms in total. The molecule has 0 radical (unpaired) electrons. The first-order chi connectivity index (χ1) is 10.4. The first kappa shape index (κ1) is 17.8. The van der Waals surface area contributed by atoms with Crippen LogP contribution in [0.15, 0.2) is 18.2 Å². The topological polar surface area (TPSA) is 71.3 Å². The van der Waals surface area contributed by atoms with Crippen LogP contribution in [0.25, 0.3) is 0 Å². The number of hydrogen-bond acceptors (Lipinski definition) is 4. The van der Waals surface area contributed by atoms with Gasteiger partial charge in [-0.25, -0.2) is 0 Å². The van der Waals surface area contributed by atoms with Gasteiger partial charge in [-0.2, -0.15) is 5.26 Å². The van der Waals surface area contributed by atoms with Crippen molar-refractivity contribution in [2.45, 2.75) is 40.2 Å². The molecule has 22 heavy (non-hydrogen) atoms. The average molecular weight is 304 g/mol. The number of ether oxygens (including phenoxy) is 2. The predicted molar refractivity (Wildman–Crippen MR) is 84.6 cm³/mol. The van der Waals surface area contributed by atoms with Crippen LogP contribution in [0, 0.1) is 16.7 Å². The lowest BCUT2D eigenvalue weighted by Gasteiger charge is -2.16. The standard InChI is InChI=1S/C17H24N2O3/c1-5-6-9-22-14-8-7-13(10-15(14)21-4)11-19-16(20)17(2,3)12-18/h7-8,10H,5-6,9,11H2,1-4H3,(H,19,20). The molecule has 1 aromatic rings. The van der Waals surface area contributed by atoms with E-state index >= 15 is 0 Å². The zero-order valence-electron chi connectivity index (χ0n) is 13.7. The van der Waals surface area contributed by atoms with Gasteiger partial charge >= 0.3 is 0 Å². The predicted octanol–water partition coefficient (Wildman–Crippen LogP) is 3.04. The van der Waals surface area contributed by atoms with Crippen molar-refractivity contribution in [3.05, 3.63) is 23.8 Å². The van der Waals surface area contributed by atoms with Crippen molar-refractivity contribution < 1.29 is 14.3 Å². The van der Waals surface area contributed by atoms with Gasteiger partial charge in [0.2, 0.25) is 5.91 Å². The summed E-state index contributed by atoms with van der Waals surface area (Å²) in [5.74, 6) is 1.04. The van der Waals surface area contributed by atoms with Crippen LogP contribution in [0.4, 0.5) is 0 Å². The number of nitriles is 1. The van der Waals surface area contributed by atoms with Gasteiger partial charge in [-0.05, 0) is 38.0 Å². The van der Waals surface area contributed by atoms with Crippen LogP contribution in [-0.2, 0) is 11.3 Å². The van der Waals surface area contributed by atoms with E-state index in [1.54, 1.807) is 21.0 Å². The summed E-state index contributed by atoms with van der Waals surface area (Å²) in [5, 5.41) is 11.7. The molecular formula is C17H24N2O3. The normalized spacial score (nSPS) is 10.7. The third-order valence-electron chi connectivity index (χ3n) is 3.28. The lowest BCUT2D eigenvalue weighted by atomic mass is 9.95. The number of benzene rings is 1. The molecule has 0 aliphatic carbocycles. The van der Waals surface area contributed by atoms with Gasteiger partial charge in [-0.3, -0.25) is 4.79 Å². The maximum Gasteiger partial charge on any atom is 0.240 e. The first-order valence-corrected chi connectivity index (χ1v) is 7.44. The number of carbonyl (C=O) groups is 1. The van der Waals surface area contributed by atoms with Crippen molar-refractivity contribution in [3.63, 3.8) is 0 Å². The third-order valence-corrected chi connectivity index (χ3v) is 3.28. The van der Waals surface area contributed by atoms with Crippen molar-refractivity contribution in [2.75, 3.05) is 13.7 Å². The number of rotatable bonds is 8. The van der Waals surface area contributed by atoms with E-state index in [9.17, 15) is 4.79 Å². The summed E-state index contributed by atoms with van der Waals surface area (Å²) in [4.78, 5) is 11.9. The Kier molecular flexibility index (Phi) is 6.71. The summed E-state index contributed by atoms with van der Waals surface area (Å²) in [7, 11) is 1.59. The molecule has 0 aliphatic heterocycles. The molecule has 1 rings (SSSR count). The molecule has 5 heteroatoms. The monoisotopic (exact) mass is 304 g/mol. The Balaban J connectivity index is 2.70. The minimum absolute atomic E-state index is 0.294. The molecule has 0 saturated heterocycles. The van der Waals surface area contributed by atoms with Gasteiger partial charge in [0.25, 0.3) is 0 Å². The smallest absolute Gasteiger partial charge is 0.240 e. The molecule has 0 heterocycles. The number of hydrogen-bond donors (Lipinski definition) is 1. The van der Waals surface area contributed by atoms with E-state index in [1.807, 2.05) is 24.3 Å². The highest BCUT2D eigenvalue weighted by molar-refractivity contribution is 5.84. The summed E-state index contributed by atoms with van der Waals surface area (Å²) in [6.07, 6.45) is 2.06. The number of nitrogens with zero attached hydrogens (tertiary/aromatic N) is 1. The van der Waals surface area contributed by atoms with Gasteiger partial charge in [0, 0.05) is 6.54 Å². The second-order valence-electron chi connectivity index (χ2n) is 5.61. The van der Waals surface area contributed by atoms with Gasteiger partial charge in [0.15, 0.2) is 11.5 Å². The molecule has 0 aliphatic rings. The quantitative estimate of drug-likeness (QED) is 0.749. The van der Waals surface area contributed by atoms with Gasteiger partial charge in [0.05, 0.1) is 19.8 Å². The molecule has 0 atom stereocenters. The Bertz CT molecular complexity index is 547. The van der Waals surface area contributed by atoms with E-state index < -0.39 is 5.41 Å². The van der Waals surface area contributed by atoms with Crippen LogP contribution in [0.1, 0.15) is 39.2 Å². The lowest BCUT2D eigenvalue weighted by Crippen LogP contribution is -2.35. The molecule has 1 amide bonds. The lowest BCUT2D eigenvalue weighted by molar-refractivity contribution is -0.126. The second kappa shape index (κ2) is 8.28. The molecule has 1 aromatic carbocycles. The van der Waals surface area contributed by atoms with Crippen LogP contribution < -0.4 is 14.8 Å². The Morgan fingerprint density at radius 3 is 2.68 bits per heavy atom. The molecule has 0 unspecified atom stereocenters. The second-order valence-corrected chi connectivity index (χ2v) is 5.61. The molecule has 0 spiro atoms. The van der Waals surface area contributed by atoms with Crippen LogP contribution in [0.2, 0.25) is 0 Å². The van der Waals surface area contributed by atoms with Crippen molar-refractivity contribution >= 4 is 5.91 Å². The number of unbranched alkanes of at least 4 members (excludes halogenated alkanes) is 1. The van der Waals surface area contributed by atoms with Gasteiger partial charge in [-0.1, -0.05) is 19.4 Å². The number of nitrogens with one attached hydrogen (secondary N) is 1. The van der Waals surface area contributed by atoms with E-state index in [0.717, 1.165) is 18.4 Å². The van der Waals surface area contributed by atoms with E-state index in [-0.39, 0.29) is 5.91 Å². The van der Waals surface area contributed by atoms with Gasteiger partial charge in [0.1, 0.15) is 5.41 Å². The highest BCUT2D eigenvalue weighted by Gasteiger charge is 2.26. The highest BCUT2D eigenvalue weighted by Crippen LogP contribution is 2.28. The number of amides is 1. The molecule has 0 bridgehead atoms. The summed E-state index contributed by atoms with van der Waals surface area (Å²) in [6.45, 7) is 6.28. The van der Waals surface area contributed by atoms with E-state index in [0.29, 0.717) is 24.7 Å². The fourth-order valence-corrected chi connectivity index (χ4v) is 1.72. The highest BCUT2D eigenvalue weighted by atomic mass is 16.5. The number of methoxy groups -OCH3 is 1. The summed E-state index contributed by atoms with van der Waals surface area (Å²) < 4.78 is 11.0. The van der Waals surface area contributed by atoms with Crippen molar-refractivity contribution in [2.24, 2.45) is 5.41 Å². The summed E-state index contributed by atoms with van der Waals surface area (Å²) >= 11 is 0.